The van der Waals surface area contributed by atoms with Crippen molar-refractivity contribution in [2.75, 3.05) is 0 Å². The summed E-state index contributed by atoms with van der Waals surface area (Å²) in [5.74, 6) is 1.05. The number of furan rings is 1. The van der Waals surface area contributed by atoms with Crippen molar-refractivity contribution in [1.82, 2.24) is 5.32 Å². The molecule has 0 radical (unpaired) electrons. The van der Waals surface area contributed by atoms with E-state index in [0.717, 1.165) is 5.56 Å². The predicted molar refractivity (Wildman–Crippen MR) is 85.2 cm³/mol. The molecule has 1 aromatic heterocycles. The van der Waals surface area contributed by atoms with Crippen molar-refractivity contribution < 1.29 is 9.21 Å². The average Bonchev–Trinajstić information content (AvgIpc) is 3.07. The van der Waals surface area contributed by atoms with Gasteiger partial charge in [-0.1, -0.05) is 24.0 Å². The van der Waals surface area contributed by atoms with E-state index in [0.29, 0.717) is 26.3 Å². The van der Waals surface area contributed by atoms with Gasteiger partial charge in [0, 0.05) is 11.6 Å². The van der Waals surface area contributed by atoms with E-state index in [2.05, 4.69) is 11.4 Å². The molecule has 1 aromatic carbocycles. The summed E-state index contributed by atoms with van der Waals surface area (Å²) in [4.78, 5) is 12.1. The highest BCUT2D eigenvalue weighted by molar-refractivity contribution is 8.26. The third-order valence-corrected chi connectivity index (χ3v) is 4.00. The van der Waals surface area contributed by atoms with Crippen LogP contribution in [0, 0.1) is 11.3 Å². The van der Waals surface area contributed by atoms with Crippen molar-refractivity contribution >= 4 is 40.3 Å². The first-order chi connectivity index (χ1) is 10.2. The summed E-state index contributed by atoms with van der Waals surface area (Å²) in [7, 11) is 0. The highest BCUT2D eigenvalue weighted by Crippen LogP contribution is 2.28. The molecule has 0 saturated carbocycles. The summed E-state index contributed by atoms with van der Waals surface area (Å²) in [5.41, 5.74) is 1.47. The van der Waals surface area contributed by atoms with Gasteiger partial charge in [-0.25, -0.2) is 0 Å². The molecule has 1 fully saturated rings. The molecule has 2 heterocycles. The first-order valence-electron chi connectivity index (χ1n) is 6.01. The Morgan fingerprint density at radius 3 is 2.62 bits per heavy atom. The van der Waals surface area contributed by atoms with E-state index in [1.54, 1.807) is 24.3 Å². The Morgan fingerprint density at radius 1 is 1.24 bits per heavy atom. The lowest BCUT2D eigenvalue weighted by atomic mass is 10.1. The Balaban J connectivity index is 1.86. The summed E-state index contributed by atoms with van der Waals surface area (Å²) in [6.07, 6.45) is 1.66. The van der Waals surface area contributed by atoms with E-state index in [4.69, 9.17) is 21.9 Å². The van der Waals surface area contributed by atoms with E-state index in [9.17, 15) is 4.79 Å². The lowest BCUT2D eigenvalue weighted by Gasteiger charge is -1.96. The van der Waals surface area contributed by atoms with E-state index in [1.165, 1.54) is 11.8 Å². The molecule has 0 aliphatic carbocycles. The van der Waals surface area contributed by atoms with Crippen LogP contribution in [0.25, 0.3) is 17.4 Å². The molecule has 21 heavy (non-hydrogen) atoms. The highest BCUT2D eigenvalue weighted by Gasteiger charge is 2.22. The van der Waals surface area contributed by atoms with Crippen molar-refractivity contribution in [1.29, 1.82) is 5.26 Å². The zero-order chi connectivity index (χ0) is 14.8. The van der Waals surface area contributed by atoms with Gasteiger partial charge in [-0.05, 0) is 36.4 Å². The molecule has 0 bridgehead atoms. The number of hydrogen-bond donors (Lipinski definition) is 1. The fraction of sp³-hybridized carbons (Fsp3) is 0. The molecule has 2 aromatic rings. The number of carbonyl (C=O) groups excluding carboxylic acids is 1. The monoisotopic (exact) mass is 312 g/mol. The molecule has 1 saturated heterocycles. The minimum atomic E-state index is -0.207. The number of nitrogens with zero attached hydrogens (tertiary/aromatic N) is 1. The van der Waals surface area contributed by atoms with Crippen LogP contribution in [0.5, 0.6) is 0 Å². The lowest BCUT2D eigenvalue weighted by molar-refractivity contribution is -0.115. The van der Waals surface area contributed by atoms with Crippen LogP contribution in [-0.4, -0.2) is 10.2 Å². The molecule has 102 valence electrons. The zero-order valence-corrected chi connectivity index (χ0v) is 12.3. The fourth-order valence-electron chi connectivity index (χ4n) is 1.84. The van der Waals surface area contributed by atoms with Crippen molar-refractivity contribution in [3.8, 4) is 17.4 Å². The van der Waals surface area contributed by atoms with Gasteiger partial charge in [0.15, 0.2) is 0 Å². The smallest absolute Gasteiger partial charge is 0.263 e. The molecule has 6 heteroatoms. The molecule has 0 atom stereocenters. The molecule has 0 spiro atoms. The van der Waals surface area contributed by atoms with E-state index < -0.39 is 0 Å². The summed E-state index contributed by atoms with van der Waals surface area (Å²) in [6.45, 7) is 0. The molecule has 1 aliphatic rings. The van der Waals surface area contributed by atoms with Crippen LogP contribution in [0.1, 0.15) is 11.3 Å². The molecule has 1 N–H and O–H groups in total. The van der Waals surface area contributed by atoms with Gasteiger partial charge in [-0.15, -0.1) is 0 Å². The Labute approximate surface area is 130 Å². The largest absolute Gasteiger partial charge is 0.457 e. The SMILES string of the molecule is N#Cc1ccc(-c2ccc(C=C3SC(=S)NC3=O)o2)cc1. The Bertz CT molecular complexity index is 798. The maximum atomic E-state index is 11.6. The van der Waals surface area contributed by atoms with Gasteiger partial charge in [-0.3, -0.25) is 4.79 Å². The van der Waals surface area contributed by atoms with Crippen molar-refractivity contribution in [3.05, 3.63) is 52.6 Å². The van der Waals surface area contributed by atoms with Gasteiger partial charge in [0.25, 0.3) is 5.91 Å². The molecular formula is C15H8N2O2S2. The third-order valence-electron chi connectivity index (χ3n) is 2.84. The maximum Gasteiger partial charge on any atom is 0.263 e. The molecule has 0 unspecified atom stereocenters. The minimum absolute atomic E-state index is 0.207. The van der Waals surface area contributed by atoms with Crippen LogP contribution in [0.15, 0.2) is 45.7 Å². The number of nitrogens with one attached hydrogen (secondary N) is 1. The number of benzene rings is 1. The predicted octanol–water partition coefficient (Wildman–Crippen LogP) is 3.31. The molecule has 1 aliphatic heterocycles. The van der Waals surface area contributed by atoms with Gasteiger partial charge in [0.2, 0.25) is 0 Å². The topological polar surface area (TPSA) is 66.0 Å². The zero-order valence-electron chi connectivity index (χ0n) is 10.6. The van der Waals surface area contributed by atoms with Gasteiger partial charge < -0.3 is 9.73 Å². The van der Waals surface area contributed by atoms with Gasteiger partial charge in [-0.2, -0.15) is 5.26 Å². The van der Waals surface area contributed by atoms with Crippen molar-refractivity contribution in [2.24, 2.45) is 0 Å². The lowest BCUT2D eigenvalue weighted by Crippen LogP contribution is -2.17. The van der Waals surface area contributed by atoms with Crippen LogP contribution in [0.2, 0.25) is 0 Å². The Hall–Kier alpha value is -2.36. The third kappa shape index (κ3) is 2.89. The van der Waals surface area contributed by atoms with Gasteiger partial charge in [0.1, 0.15) is 15.8 Å². The number of amides is 1. The molecular weight excluding hydrogens is 304 g/mol. The second-order valence-corrected chi connectivity index (χ2v) is 5.96. The second-order valence-electron chi connectivity index (χ2n) is 4.24. The summed E-state index contributed by atoms with van der Waals surface area (Å²) < 4.78 is 6.14. The van der Waals surface area contributed by atoms with Crippen LogP contribution < -0.4 is 5.32 Å². The van der Waals surface area contributed by atoms with Crippen LogP contribution >= 0.6 is 24.0 Å². The average molecular weight is 312 g/mol. The highest BCUT2D eigenvalue weighted by atomic mass is 32.2. The quantitative estimate of drug-likeness (QED) is 0.681. The maximum absolute atomic E-state index is 11.6. The molecule has 1 amide bonds. The molecule has 3 rings (SSSR count). The first kappa shape index (κ1) is 13.6. The van der Waals surface area contributed by atoms with Gasteiger partial charge >= 0.3 is 0 Å². The summed E-state index contributed by atoms with van der Waals surface area (Å²) >= 11 is 6.14. The summed E-state index contributed by atoms with van der Waals surface area (Å²) in [5, 5.41) is 11.3. The van der Waals surface area contributed by atoms with E-state index in [-0.39, 0.29) is 5.91 Å². The number of rotatable bonds is 2. The Kier molecular flexibility index (Phi) is 3.60. The van der Waals surface area contributed by atoms with E-state index in [1.807, 2.05) is 18.2 Å². The number of thioether (sulfide) groups is 1. The number of nitriles is 1. The first-order valence-corrected chi connectivity index (χ1v) is 7.23. The van der Waals surface area contributed by atoms with E-state index >= 15 is 0 Å². The van der Waals surface area contributed by atoms with Crippen molar-refractivity contribution in [2.45, 2.75) is 0 Å². The number of carbonyl (C=O) groups is 1. The normalized spacial score (nSPS) is 16.0. The van der Waals surface area contributed by atoms with Crippen LogP contribution in [0.4, 0.5) is 0 Å². The van der Waals surface area contributed by atoms with Gasteiger partial charge in [0.05, 0.1) is 16.5 Å². The minimum Gasteiger partial charge on any atom is -0.457 e. The summed E-state index contributed by atoms with van der Waals surface area (Å²) in [6, 6.07) is 12.8. The second kappa shape index (κ2) is 5.56. The fourth-order valence-corrected chi connectivity index (χ4v) is 2.87. The molecule has 4 nitrogen and oxygen atoms in total. The number of hydrogen-bond acceptors (Lipinski definition) is 5. The van der Waals surface area contributed by atoms with Crippen LogP contribution in [-0.2, 0) is 4.79 Å². The Morgan fingerprint density at radius 2 is 2.00 bits per heavy atom. The number of thiocarbonyl (C=S) groups is 1. The van der Waals surface area contributed by atoms with Crippen LogP contribution in [0.3, 0.4) is 0 Å². The van der Waals surface area contributed by atoms with Crippen molar-refractivity contribution in [3.63, 3.8) is 0 Å². The standard InChI is InChI=1S/C15H8N2O2S2/c16-8-9-1-3-10(4-2-9)12-6-5-11(19-12)7-13-14(18)17-15(20)21-13/h1-7H,(H,17,18,20).